The van der Waals surface area contributed by atoms with Gasteiger partial charge in [0.2, 0.25) is 0 Å². The highest BCUT2D eigenvalue weighted by Gasteiger charge is 2.36. The number of unbranched alkanes of at least 4 members (excludes halogenated alkanes) is 1. The number of aryl methyl sites for hydroxylation is 2. The Hall–Kier alpha value is -1.87. The van der Waals surface area contributed by atoms with Crippen molar-refractivity contribution >= 4 is 19.2 Å². The molecule has 1 aromatic heterocycles. The second-order valence-corrected chi connectivity index (χ2v) is 10.7. The summed E-state index contributed by atoms with van der Waals surface area (Å²) >= 11 is 1.39. The minimum absolute atomic E-state index is 0.0170. The molecule has 35 heavy (non-hydrogen) atoms. The lowest BCUT2D eigenvalue weighted by Crippen LogP contribution is -2.41. The lowest BCUT2D eigenvalue weighted by atomic mass is 9.98. The maximum Gasteiger partial charge on any atom is 0.469 e. The number of benzene rings is 1. The first-order valence-electron chi connectivity index (χ1n) is 10.3. The zero-order valence-corrected chi connectivity index (χ0v) is 20.3. The van der Waals surface area contributed by atoms with Crippen molar-refractivity contribution in [2.45, 2.75) is 56.9 Å². The maximum absolute atomic E-state index is 12.9. The van der Waals surface area contributed by atoms with E-state index in [1.807, 2.05) is 6.07 Å². The van der Waals surface area contributed by atoms with E-state index in [0.717, 1.165) is 21.9 Å². The molecule has 0 radical (unpaired) electrons. The van der Waals surface area contributed by atoms with Crippen LogP contribution in [0.5, 0.6) is 0 Å². The van der Waals surface area contributed by atoms with Gasteiger partial charge in [0.25, 0.3) is 0 Å². The quantitative estimate of drug-likeness (QED) is 0.158. The minimum atomic E-state index is -4.87. The average Bonchev–Trinajstić information content (AvgIpc) is 3.17. The van der Waals surface area contributed by atoms with E-state index in [9.17, 15) is 30.9 Å². The molecule has 194 valence electrons. The van der Waals surface area contributed by atoms with Gasteiger partial charge in [0, 0.05) is 16.8 Å². The molecule has 0 aliphatic rings. The number of hydrogen-bond donors (Lipinski definition) is 3. The average molecular weight is 543 g/mol. The lowest BCUT2D eigenvalue weighted by molar-refractivity contribution is -0.143. The van der Waals surface area contributed by atoms with Crippen molar-refractivity contribution in [2.24, 2.45) is 5.73 Å². The van der Waals surface area contributed by atoms with E-state index < -0.39 is 36.8 Å². The molecule has 0 aliphatic carbocycles. The van der Waals surface area contributed by atoms with Crippen LogP contribution in [0.3, 0.4) is 0 Å². The van der Waals surface area contributed by atoms with Crippen LogP contribution in [0.4, 0.5) is 26.3 Å². The summed E-state index contributed by atoms with van der Waals surface area (Å²) in [6, 6.07) is 5.16. The Morgan fingerprint density at radius 1 is 1.03 bits per heavy atom. The minimum Gasteiger partial charge on any atom is -0.323 e. The van der Waals surface area contributed by atoms with Crippen molar-refractivity contribution < 1.29 is 45.2 Å². The van der Waals surface area contributed by atoms with E-state index >= 15 is 0 Å². The van der Waals surface area contributed by atoms with E-state index in [2.05, 4.69) is 16.4 Å². The van der Waals surface area contributed by atoms with Gasteiger partial charge in [-0.25, -0.2) is 4.57 Å². The summed E-state index contributed by atoms with van der Waals surface area (Å²) in [6.45, 7) is 1.30. The first-order chi connectivity index (χ1) is 15.9. The number of phosphoric acid groups is 1. The van der Waals surface area contributed by atoms with Crippen LogP contribution in [0, 0.1) is 11.8 Å². The van der Waals surface area contributed by atoms with Gasteiger partial charge in [-0.1, -0.05) is 11.8 Å². The smallest absolute Gasteiger partial charge is 0.323 e. The van der Waals surface area contributed by atoms with Crippen LogP contribution in [-0.4, -0.2) is 21.9 Å². The molecule has 1 unspecified atom stereocenters. The van der Waals surface area contributed by atoms with Crippen LogP contribution in [0.25, 0.3) is 0 Å². The number of alkyl halides is 6. The number of nitrogens with two attached hydrogens (primary N) is 1. The van der Waals surface area contributed by atoms with Gasteiger partial charge in [0.05, 0.1) is 22.6 Å². The van der Waals surface area contributed by atoms with Crippen LogP contribution in [0.2, 0.25) is 0 Å². The van der Waals surface area contributed by atoms with E-state index in [1.54, 1.807) is 13.0 Å². The predicted octanol–water partition coefficient (Wildman–Crippen LogP) is 5.92. The third-order valence-electron chi connectivity index (χ3n) is 4.79. The van der Waals surface area contributed by atoms with Gasteiger partial charge in [0.15, 0.2) is 0 Å². The third-order valence-corrected chi connectivity index (χ3v) is 6.32. The van der Waals surface area contributed by atoms with Crippen molar-refractivity contribution in [3.05, 3.63) is 56.8 Å². The monoisotopic (exact) mass is 543 g/mol. The number of hydrogen-bond acceptors (Lipinski definition) is 4. The van der Waals surface area contributed by atoms with Crippen LogP contribution in [0.15, 0.2) is 30.3 Å². The molecule has 2 aromatic rings. The fourth-order valence-corrected chi connectivity index (χ4v) is 4.33. The maximum atomic E-state index is 12.9. The third kappa shape index (κ3) is 10.7. The van der Waals surface area contributed by atoms with Crippen molar-refractivity contribution in [3.8, 4) is 11.8 Å². The number of phosphoric ester groups is 1. The predicted molar refractivity (Wildman–Crippen MR) is 119 cm³/mol. The topological polar surface area (TPSA) is 92.8 Å². The largest absolute Gasteiger partial charge is 0.469 e. The molecule has 1 heterocycles. The summed E-state index contributed by atoms with van der Waals surface area (Å²) in [5.74, 6) is 5.78. The molecule has 0 saturated heterocycles. The van der Waals surface area contributed by atoms with Crippen LogP contribution in [0.1, 0.15) is 52.6 Å². The zero-order valence-electron chi connectivity index (χ0n) is 18.5. The van der Waals surface area contributed by atoms with Crippen molar-refractivity contribution in [1.82, 2.24) is 0 Å². The lowest BCUT2D eigenvalue weighted by Gasteiger charge is -2.24. The molecular weight excluding hydrogens is 519 g/mol. The van der Waals surface area contributed by atoms with Crippen molar-refractivity contribution in [2.75, 3.05) is 6.61 Å². The van der Waals surface area contributed by atoms with E-state index in [4.69, 9.17) is 15.5 Å². The van der Waals surface area contributed by atoms with Crippen molar-refractivity contribution in [3.63, 3.8) is 0 Å². The SMILES string of the molecule is CC(N)(CCc1ccc(C#CCCCc2cc(C(F)(F)F)cc(C(F)(F)F)c2)s1)COP(=O)(O)O. The highest BCUT2D eigenvalue weighted by atomic mass is 32.1. The van der Waals surface area contributed by atoms with Gasteiger partial charge in [-0.2, -0.15) is 26.3 Å². The molecule has 0 amide bonds. The fourth-order valence-electron chi connectivity index (χ4n) is 2.99. The van der Waals surface area contributed by atoms with Gasteiger partial charge < -0.3 is 15.5 Å². The van der Waals surface area contributed by atoms with Crippen LogP contribution >= 0.6 is 19.2 Å². The molecule has 0 spiro atoms. The molecule has 0 fully saturated rings. The molecule has 2 rings (SSSR count). The second kappa shape index (κ2) is 11.5. The summed E-state index contributed by atoms with van der Waals surface area (Å²) in [5.41, 5.74) is 2.32. The molecule has 13 heteroatoms. The standard InChI is InChI=1S/C22H24F6NO4PS/c1-20(29,14-33-34(30,31)32)10-9-19-8-7-18(35-19)6-4-2-3-5-15-11-16(21(23,24)25)13-17(12-15)22(26,27)28/h7-8,11-13H,2-3,5,9-10,14,29H2,1H3,(H2,30,31,32). The van der Waals surface area contributed by atoms with Gasteiger partial charge in [-0.05, 0) is 68.5 Å². The molecule has 4 N–H and O–H groups in total. The summed E-state index contributed by atoms with van der Waals surface area (Å²) in [6.07, 6.45) is -8.23. The number of halogens is 6. The molecular formula is C22H24F6NO4PS. The summed E-state index contributed by atoms with van der Waals surface area (Å²) in [4.78, 5) is 19.2. The molecule has 0 saturated carbocycles. The highest BCUT2D eigenvalue weighted by molar-refractivity contribution is 7.46. The van der Waals surface area contributed by atoms with Gasteiger partial charge >= 0.3 is 20.2 Å². The van der Waals surface area contributed by atoms with Gasteiger partial charge in [-0.3, -0.25) is 4.52 Å². The molecule has 1 atom stereocenters. The highest BCUT2D eigenvalue weighted by Crippen LogP contribution is 2.37. The van der Waals surface area contributed by atoms with Crippen LogP contribution < -0.4 is 5.73 Å². The normalized spacial score (nSPS) is 14.3. The number of thiophene rings is 1. The Balaban J connectivity index is 1.90. The first kappa shape index (κ1) is 29.4. The summed E-state index contributed by atoms with van der Waals surface area (Å²) in [5, 5.41) is 0. The molecule has 1 aromatic carbocycles. The zero-order chi connectivity index (χ0) is 26.5. The molecule has 0 bridgehead atoms. The van der Waals surface area contributed by atoms with E-state index in [-0.39, 0.29) is 37.5 Å². The Bertz CT molecular complexity index is 1080. The Labute approximate surface area is 202 Å². The van der Waals surface area contributed by atoms with Crippen LogP contribution in [-0.2, 0) is 34.3 Å². The second-order valence-electron chi connectivity index (χ2n) is 8.25. The Morgan fingerprint density at radius 3 is 2.17 bits per heavy atom. The number of rotatable bonds is 9. The molecule has 5 nitrogen and oxygen atoms in total. The van der Waals surface area contributed by atoms with Gasteiger partial charge in [-0.15, -0.1) is 11.3 Å². The van der Waals surface area contributed by atoms with Crippen molar-refractivity contribution in [1.29, 1.82) is 0 Å². The van der Waals surface area contributed by atoms with E-state index in [0.29, 0.717) is 12.8 Å². The summed E-state index contributed by atoms with van der Waals surface area (Å²) < 4.78 is 92.9. The Kier molecular flexibility index (Phi) is 9.61. The van der Waals surface area contributed by atoms with Gasteiger partial charge in [0.1, 0.15) is 0 Å². The van der Waals surface area contributed by atoms with E-state index in [1.165, 1.54) is 11.3 Å². The Morgan fingerprint density at radius 2 is 1.63 bits per heavy atom. The first-order valence-corrected chi connectivity index (χ1v) is 12.6. The summed E-state index contributed by atoms with van der Waals surface area (Å²) in [7, 11) is -4.61. The molecule has 0 aliphatic heterocycles. The fraction of sp³-hybridized carbons (Fsp3) is 0.455.